The highest BCUT2D eigenvalue weighted by Crippen LogP contribution is 2.29. The van der Waals surface area contributed by atoms with E-state index < -0.39 is 6.09 Å². The average Bonchev–Trinajstić information content (AvgIpc) is 2.39. The minimum atomic E-state index is -1.21. The Morgan fingerprint density at radius 3 is 2.86 bits per heavy atom. The molecule has 2 rings (SSSR count). The van der Waals surface area contributed by atoms with Gasteiger partial charge in [0, 0.05) is 0 Å². The molecule has 0 atom stereocenters. The fraction of sp³-hybridized carbons (Fsp3) is 0.200. The quantitative estimate of drug-likeness (QED) is 0.677. The highest BCUT2D eigenvalue weighted by Gasteiger charge is 2.31. The van der Waals surface area contributed by atoms with Crippen LogP contribution in [0.5, 0.6) is 0 Å². The first kappa shape index (κ1) is 8.74. The number of benzene rings is 1. The molecule has 1 aliphatic heterocycles. The summed E-state index contributed by atoms with van der Waals surface area (Å²) in [7, 11) is 0. The standard InChI is InChI=1S/C10H9NO3/c1-6-2-3-8-7(4-6)5-9(12)11(8)10(13)14/h2-4H,5H2,1H3,(H,13,14). The Morgan fingerprint density at radius 2 is 2.21 bits per heavy atom. The number of fused-ring (bicyclic) bond motifs is 1. The molecule has 0 saturated carbocycles. The van der Waals surface area contributed by atoms with Crippen molar-refractivity contribution in [1.82, 2.24) is 0 Å². The Labute approximate surface area is 80.8 Å². The van der Waals surface area contributed by atoms with Crippen LogP contribution in [-0.4, -0.2) is 17.1 Å². The number of anilines is 1. The lowest BCUT2D eigenvalue weighted by Gasteiger charge is -2.10. The Kier molecular flexibility index (Phi) is 1.77. The van der Waals surface area contributed by atoms with Crippen LogP contribution in [0.25, 0.3) is 0 Å². The zero-order valence-electron chi connectivity index (χ0n) is 7.65. The van der Waals surface area contributed by atoms with Crippen LogP contribution >= 0.6 is 0 Å². The highest BCUT2D eigenvalue weighted by atomic mass is 16.4. The number of hydrogen-bond acceptors (Lipinski definition) is 2. The van der Waals surface area contributed by atoms with Crippen LogP contribution in [0.2, 0.25) is 0 Å². The number of imide groups is 1. The molecule has 0 saturated heterocycles. The van der Waals surface area contributed by atoms with E-state index in [1.807, 2.05) is 13.0 Å². The highest BCUT2D eigenvalue weighted by molar-refractivity contribution is 6.16. The van der Waals surface area contributed by atoms with E-state index in [4.69, 9.17) is 5.11 Å². The van der Waals surface area contributed by atoms with E-state index in [0.29, 0.717) is 5.69 Å². The number of nitrogens with zero attached hydrogens (tertiary/aromatic N) is 1. The predicted molar refractivity (Wildman–Crippen MR) is 50.4 cm³/mol. The molecular formula is C10H9NO3. The molecule has 0 aliphatic carbocycles. The third-order valence-corrected chi connectivity index (χ3v) is 2.26. The van der Waals surface area contributed by atoms with Gasteiger partial charge in [0.25, 0.3) is 0 Å². The summed E-state index contributed by atoms with van der Waals surface area (Å²) in [5, 5.41) is 8.80. The SMILES string of the molecule is Cc1ccc2c(c1)CC(=O)N2C(=O)O. The lowest BCUT2D eigenvalue weighted by atomic mass is 10.1. The van der Waals surface area contributed by atoms with Crippen molar-refractivity contribution in [2.24, 2.45) is 0 Å². The lowest BCUT2D eigenvalue weighted by molar-refractivity contribution is -0.116. The molecule has 0 aromatic heterocycles. The summed E-state index contributed by atoms with van der Waals surface area (Å²) >= 11 is 0. The van der Waals surface area contributed by atoms with Gasteiger partial charge in [-0.05, 0) is 18.6 Å². The fourth-order valence-electron chi connectivity index (χ4n) is 1.66. The molecule has 0 fully saturated rings. The van der Waals surface area contributed by atoms with E-state index in [2.05, 4.69) is 0 Å². The topological polar surface area (TPSA) is 57.6 Å². The molecule has 14 heavy (non-hydrogen) atoms. The molecule has 0 unspecified atom stereocenters. The van der Waals surface area contributed by atoms with Gasteiger partial charge >= 0.3 is 6.09 Å². The van der Waals surface area contributed by atoms with Gasteiger partial charge in [0.05, 0.1) is 12.1 Å². The van der Waals surface area contributed by atoms with Crippen molar-refractivity contribution in [3.05, 3.63) is 29.3 Å². The molecule has 1 aliphatic rings. The van der Waals surface area contributed by atoms with Crippen LogP contribution in [0.1, 0.15) is 11.1 Å². The maximum absolute atomic E-state index is 11.3. The molecule has 0 radical (unpaired) electrons. The van der Waals surface area contributed by atoms with Crippen molar-refractivity contribution in [1.29, 1.82) is 0 Å². The van der Waals surface area contributed by atoms with Crippen molar-refractivity contribution >= 4 is 17.7 Å². The van der Waals surface area contributed by atoms with Gasteiger partial charge < -0.3 is 5.11 Å². The first-order valence-corrected chi connectivity index (χ1v) is 4.25. The Hall–Kier alpha value is -1.84. The van der Waals surface area contributed by atoms with Crippen LogP contribution in [0.4, 0.5) is 10.5 Å². The summed E-state index contributed by atoms with van der Waals surface area (Å²) in [5.74, 6) is -0.377. The van der Waals surface area contributed by atoms with Crippen LogP contribution < -0.4 is 4.90 Å². The summed E-state index contributed by atoms with van der Waals surface area (Å²) in [6, 6.07) is 5.31. The lowest BCUT2D eigenvalue weighted by Crippen LogP contribution is -2.31. The molecule has 2 amide bonds. The summed E-state index contributed by atoms with van der Waals surface area (Å²) in [4.78, 5) is 22.9. The first-order valence-electron chi connectivity index (χ1n) is 4.25. The van der Waals surface area contributed by atoms with Crippen LogP contribution in [0.15, 0.2) is 18.2 Å². The molecular weight excluding hydrogens is 182 g/mol. The van der Waals surface area contributed by atoms with E-state index in [-0.39, 0.29) is 12.3 Å². The molecule has 72 valence electrons. The maximum Gasteiger partial charge on any atom is 0.418 e. The molecule has 4 heteroatoms. The third kappa shape index (κ3) is 1.16. The summed E-state index contributed by atoms with van der Waals surface area (Å²) in [5.41, 5.74) is 2.31. The Bertz CT molecular complexity index is 425. The van der Waals surface area contributed by atoms with Gasteiger partial charge in [-0.15, -0.1) is 0 Å². The molecule has 0 bridgehead atoms. The van der Waals surface area contributed by atoms with E-state index in [1.54, 1.807) is 12.1 Å². The number of hydrogen-bond donors (Lipinski definition) is 1. The van der Waals surface area contributed by atoms with Gasteiger partial charge in [-0.25, -0.2) is 9.69 Å². The van der Waals surface area contributed by atoms with Gasteiger partial charge in [-0.2, -0.15) is 0 Å². The largest absolute Gasteiger partial charge is 0.464 e. The van der Waals surface area contributed by atoms with Gasteiger partial charge in [-0.1, -0.05) is 17.7 Å². The summed E-state index contributed by atoms with van der Waals surface area (Å²) < 4.78 is 0. The van der Waals surface area contributed by atoms with Gasteiger partial charge in [0.2, 0.25) is 5.91 Å². The van der Waals surface area contributed by atoms with Gasteiger partial charge in [0.15, 0.2) is 0 Å². The molecule has 1 N–H and O–H groups in total. The molecule has 4 nitrogen and oxygen atoms in total. The summed E-state index contributed by atoms with van der Waals surface area (Å²) in [6.07, 6.45) is -1.03. The van der Waals surface area contributed by atoms with E-state index in [9.17, 15) is 9.59 Å². The number of rotatable bonds is 0. The van der Waals surface area contributed by atoms with Gasteiger partial charge in [0.1, 0.15) is 0 Å². The number of carbonyl (C=O) groups is 2. The van der Waals surface area contributed by atoms with Crippen molar-refractivity contribution in [3.63, 3.8) is 0 Å². The zero-order valence-corrected chi connectivity index (χ0v) is 7.65. The number of amides is 2. The van der Waals surface area contributed by atoms with Crippen molar-refractivity contribution in [3.8, 4) is 0 Å². The van der Waals surface area contributed by atoms with Crippen molar-refractivity contribution in [2.45, 2.75) is 13.3 Å². The Balaban J connectivity index is 2.53. The maximum atomic E-state index is 11.3. The molecule has 0 spiro atoms. The normalized spacial score (nSPS) is 14.4. The minimum Gasteiger partial charge on any atom is -0.464 e. The van der Waals surface area contributed by atoms with E-state index in [1.165, 1.54) is 0 Å². The zero-order chi connectivity index (χ0) is 10.3. The van der Waals surface area contributed by atoms with Crippen molar-refractivity contribution in [2.75, 3.05) is 4.90 Å². The van der Waals surface area contributed by atoms with E-state index in [0.717, 1.165) is 16.0 Å². The average molecular weight is 191 g/mol. The van der Waals surface area contributed by atoms with Crippen LogP contribution in [-0.2, 0) is 11.2 Å². The monoisotopic (exact) mass is 191 g/mol. The second-order valence-corrected chi connectivity index (χ2v) is 3.32. The number of carbonyl (C=O) groups excluding carboxylic acids is 1. The van der Waals surface area contributed by atoms with Crippen molar-refractivity contribution < 1.29 is 14.7 Å². The first-order chi connectivity index (χ1) is 6.59. The number of carboxylic acid groups (broad SMARTS) is 1. The van der Waals surface area contributed by atoms with E-state index >= 15 is 0 Å². The fourth-order valence-corrected chi connectivity index (χ4v) is 1.66. The third-order valence-electron chi connectivity index (χ3n) is 2.26. The van der Waals surface area contributed by atoms with Gasteiger partial charge in [-0.3, -0.25) is 4.79 Å². The Morgan fingerprint density at radius 1 is 1.50 bits per heavy atom. The van der Waals surface area contributed by atoms with Crippen LogP contribution in [0, 0.1) is 6.92 Å². The molecule has 1 aromatic rings. The number of aryl methyl sites for hydroxylation is 1. The predicted octanol–water partition coefficient (Wildman–Crippen LogP) is 1.56. The smallest absolute Gasteiger partial charge is 0.418 e. The molecule has 1 aromatic carbocycles. The summed E-state index contributed by atoms with van der Waals surface area (Å²) in [6.45, 7) is 1.91. The second kappa shape index (κ2) is 2.83. The minimum absolute atomic E-state index is 0.184. The van der Waals surface area contributed by atoms with Crippen LogP contribution in [0.3, 0.4) is 0 Å². The molecule has 1 heterocycles. The second-order valence-electron chi connectivity index (χ2n) is 3.32.